The molecule has 0 fully saturated rings. The van der Waals surface area contributed by atoms with E-state index >= 15 is 0 Å². The van der Waals surface area contributed by atoms with Crippen LogP contribution >= 0.6 is 0 Å². The molecule has 1 atom stereocenters. The Morgan fingerprint density at radius 1 is 1.42 bits per heavy atom. The van der Waals surface area contributed by atoms with E-state index in [1.807, 2.05) is 11.0 Å². The van der Waals surface area contributed by atoms with E-state index in [9.17, 15) is 9.90 Å². The van der Waals surface area contributed by atoms with Crippen molar-refractivity contribution in [3.8, 4) is 0 Å². The Morgan fingerprint density at radius 2 is 2.17 bits per heavy atom. The summed E-state index contributed by atoms with van der Waals surface area (Å²) in [6.45, 7) is 8.69. The molecule has 1 aromatic heterocycles. The number of aliphatic hydroxyl groups is 1. The van der Waals surface area contributed by atoms with Crippen LogP contribution in [0.25, 0.3) is 0 Å². The fourth-order valence-electron chi connectivity index (χ4n) is 3.31. The molecule has 1 N–H and O–H groups in total. The van der Waals surface area contributed by atoms with E-state index in [1.54, 1.807) is 13.1 Å². The molecule has 0 spiro atoms. The van der Waals surface area contributed by atoms with Gasteiger partial charge in [0, 0.05) is 12.1 Å². The molecule has 0 saturated heterocycles. The largest absolute Gasteiger partial charge is 0.387 e. The van der Waals surface area contributed by atoms with Crippen molar-refractivity contribution in [1.82, 2.24) is 19.9 Å². The van der Waals surface area contributed by atoms with Crippen LogP contribution in [0.1, 0.15) is 49.3 Å². The first-order chi connectivity index (χ1) is 11.3. The highest BCUT2D eigenvalue weighted by Gasteiger charge is 2.36. The normalized spacial score (nSPS) is 17.5. The van der Waals surface area contributed by atoms with Gasteiger partial charge in [-0.1, -0.05) is 23.4 Å². The highest BCUT2D eigenvalue weighted by atomic mass is 16.3. The molecule has 1 unspecified atom stereocenters. The zero-order valence-corrected chi connectivity index (χ0v) is 14.7. The zero-order chi connectivity index (χ0) is 17.5. The Bertz CT molecular complexity index is 764. The van der Waals surface area contributed by atoms with E-state index in [0.29, 0.717) is 12.2 Å². The van der Waals surface area contributed by atoms with Crippen LogP contribution in [0, 0.1) is 6.92 Å². The standard InChI is InChI=1S/C18H24N4O2/c1-12-6-5-7-14-9-22(18(3,4)8-15(12)14)17(24)11-21-10-16(13(2)23)19-20-21/h5-7,10,13,23H,8-9,11H2,1-4H3. The van der Waals surface area contributed by atoms with E-state index in [2.05, 4.69) is 43.2 Å². The lowest BCUT2D eigenvalue weighted by molar-refractivity contribution is -0.139. The average Bonchev–Trinajstić information content (AvgIpc) is 2.95. The molecule has 3 rings (SSSR count). The van der Waals surface area contributed by atoms with Crippen molar-refractivity contribution in [2.45, 2.75) is 58.8 Å². The molecule has 1 amide bonds. The van der Waals surface area contributed by atoms with E-state index in [-0.39, 0.29) is 18.0 Å². The van der Waals surface area contributed by atoms with Crippen molar-refractivity contribution in [3.63, 3.8) is 0 Å². The molecule has 0 saturated carbocycles. The summed E-state index contributed by atoms with van der Waals surface area (Å²) in [6, 6.07) is 6.26. The predicted molar refractivity (Wildman–Crippen MR) is 90.2 cm³/mol. The molecular formula is C18H24N4O2. The van der Waals surface area contributed by atoms with Gasteiger partial charge in [-0.05, 0) is 50.8 Å². The summed E-state index contributed by atoms with van der Waals surface area (Å²) in [5.74, 6) is 0.00852. The highest BCUT2D eigenvalue weighted by molar-refractivity contribution is 5.77. The van der Waals surface area contributed by atoms with Gasteiger partial charge in [0.25, 0.3) is 0 Å². The van der Waals surface area contributed by atoms with Crippen molar-refractivity contribution >= 4 is 5.91 Å². The quantitative estimate of drug-likeness (QED) is 0.935. The summed E-state index contributed by atoms with van der Waals surface area (Å²) in [4.78, 5) is 14.7. The van der Waals surface area contributed by atoms with Gasteiger partial charge in [0.05, 0.1) is 12.3 Å². The molecule has 0 bridgehead atoms. The number of nitrogens with zero attached hydrogens (tertiary/aromatic N) is 4. The Balaban J connectivity index is 1.81. The maximum atomic E-state index is 12.8. The Morgan fingerprint density at radius 3 is 2.83 bits per heavy atom. The van der Waals surface area contributed by atoms with Crippen LogP contribution in [0.3, 0.4) is 0 Å². The Labute approximate surface area is 142 Å². The second kappa shape index (κ2) is 6.02. The lowest BCUT2D eigenvalue weighted by Crippen LogP contribution is -2.52. The maximum Gasteiger partial charge on any atom is 0.245 e. The summed E-state index contributed by atoms with van der Waals surface area (Å²) < 4.78 is 1.49. The monoisotopic (exact) mass is 328 g/mol. The lowest BCUT2D eigenvalue weighted by atomic mass is 9.83. The number of hydrogen-bond acceptors (Lipinski definition) is 4. The van der Waals surface area contributed by atoms with Crippen LogP contribution in [0.4, 0.5) is 0 Å². The third kappa shape index (κ3) is 3.06. The maximum absolute atomic E-state index is 12.8. The summed E-state index contributed by atoms with van der Waals surface area (Å²) in [7, 11) is 0. The smallest absolute Gasteiger partial charge is 0.245 e. The molecule has 2 aromatic rings. The van der Waals surface area contributed by atoms with Gasteiger partial charge >= 0.3 is 0 Å². The number of rotatable bonds is 3. The molecular weight excluding hydrogens is 304 g/mol. The number of aromatic nitrogens is 3. The number of benzene rings is 1. The number of fused-ring (bicyclic) bond motifs is 1. The van der Waals surface area contributed by atoms with E-state index < -0.39 is 6.10 Å². The molecule has 1 aliphatic heterocycles. The second-order valence-electron chi connectivity index (χ2n) is 7.20. The molecule has 128 valence electrons. The number of amides is 1. The topological polar surface area (TPSA) is 71.2 Å². The first-order valence-corrected chi connectivity index (χ1v) is 8.24. The van der Waals surface area contributed by atoms with Crippen LogP contribution in [0.5, 0.6) is 0 Å². The SMILES string of the molecule is Cc1cccc2c1CC(C)(C)N(C(=O)Cn1cc(C(C)O)nn1)C2. The third-order valence-corrected chi connectivity index (χ3v) is 4.76. The zero-order valence-electron chi connectivity index (χ0n) is 14.7. The molecule has 2 heterocycles. The number of carbonyl (C=O) groups excluding carboxylic acids is 1. The molecule has 6 heteroatoms. The number of hydrogen-bond donors (Lipinski definition) is 1. The second-order valence-corrected chi connectivity index (χ2v) is 7.20. The fourth-order valence-corrected chi connectivity index (χ4v) is 3.31. The van der Waals surface area contributed by atoms with Gasteiger partial charge in [0.1, 0.15) is 12.2 Å². The van der Waals surface area contributed by atoms with Gasteiger partial charge in [-0.3, -0.25) is 4.79 Å². The van der Waals surface area contributed by atoms with Crippen molar-refractivity contribution in [2.24, 2.45) is 0 Å². The molecule has 0 radical (unpaired) electrons. The van der Waals surface area contributed by atoms with E-state index in [4.69, 9.17) is 0 Å². The first-order valence-electron chi connectivity index (χ1n) is 8.24. The third-order valence-electron chi connectivity index (χ3n) is 4.76. The predicted octanol–water partition coefficient (Wildman–Crippen LogP) is 2.00. The summed E-state index contributed by atoms with van der Waals surface area (Å²) in [5, 5.41) is 17.4. The van der Waals surface area contributed by atoms with Gasteiger partial charge < -0.3 is 10.0 Å². The number of aliphatic hydroxyl groups excluding tert-OH is 1. The Kier molecular flexibility index (Phi) is 4.17. The van der Waals surface area contributed by atoms with E-state index in [1.165, 1.54) is 21.4 Å². The van der Waals surface area contributed by atoms with Gasteiger partial charge in [0.15, 0.2) is 0 Å². The fraction of sp³-hybridized carbons (Fsp3) is 0.500. The summed E-state index contributed by atoms with van der Waals surface area (Å²) >= 11 is 0. The van der Waals surface area contributed by atoms with Crippen molar-refractivity contribution in [3.05, 3.63) is 46.8 Å². The average molecular weight is 328 g/mol. The van der Waals surface area contributed by atoms with Gasteiger partial charge in [-0.15, -0.1) is 5.10 Å². The summed E-state index contributed by atoms with van der Waals surface area (Å²) in [6.07, 6.45) is 1.78. The van der Waals surface area contributed by atoms with Crippen LogP contribution in [0.15, 0.2) is 24.4 Å². The minimum Gasteiger partial charge on any atom is -0.387 e. The summed E-state index contributed by atoms with van der Waals surface area (Å²) in [5.41, 5.74) is 4.07. The lowest BCUT2D eigenvalue weighted by Gasteiger charge is -2.44. The molecule has 24 heavy (non-hydrogen) atoms. The molecule has 1 aromatic carbocycles. The van der Waals surface area contributed by atoms with Crippen LogP contribution < -0.4 is 0 Å². The van der Waals surface area contributed by atoms with Crippen molar-refractivity contribution < 1.29 is 9.90 Å². The molecule has 6 nitrogen and oxygen atoms in total. The molecule has 0 aliphatic carbocycles. The highest BCUT2D eigenvalue weighted by Crippen LogP contribution is 2.32. The first kappa shape index (κ1) is 16.6. The van der Waals surface area contributed by atoms with Gasteiger partial charge in [0.2, 0.25) is 5.91 Å². The van der Waals surface area contributed by atoms with E-state index in [0.717, 1.165) is 6.42 Å². The number of carbonyl (C=O) groups is 1. The van der Waals surface area contributed by atoms with Crippen LogP contribution in [0.2, 0.25) is 0 Å². The Hall–Kier alpha value is -2.21. The minimum atomic E-state index is -0.685. The van der Waals surface area contributed by atoms with Crippen LogP contribution in [-0.4, -0.2) is 36.4 Å². The molecule has 1 aliphatic rings. The van der Waals surface area contributed by atoms with Gasteiger partial charge in [-0.25, -0.2) is 4.68 Å². The van der Waals surface area contributed by atoms with Crippen LogP contribution in [-0.2, 0) is 24.3 Å². The van der Waals surface area contributed by atoms with Crippen molar-refractivity contribution in [2.75, 3.05) is 0 Å². The van der Waals surface area contributed by atoms with Gasteiger partial charge in [-0.2, -0.15) is 0 Å². The van der Waals surface area contributed by atoms with Crippen molar-refractivity contribution in [1.29, 1.82) is 0 Å². The minimum absolute atomic E-state index is 0.00852. The number of aryl methyl sites for hydroxylation is 1.